The van der Waals surface area contributed by atoms with Crippen LogP contribution in [0.5, 0.6) is 0 Å². The van der Waals surface area contributed by atoms with Crippen molar-refractivity contribution in [2.75, 3.05) is 0 Å². The molecule has 0 spiro atoms. The number of aromatic nitrogens is 2. The van der Waals surface area contributed by atoms with Gasteiger partial charge in [-0.2, -0.15) is 5.10 Å². The molecule has 1 aromatic heterocycles. The van der Waals surface area contributed by atoms with Gasteiger partial charge in [0.25, 0.3) is 5.91 Å². The molecule has 2 aliphatic carbocycles. The zero-order valence-corrected chi connectivity index (χ0v) is 21.5. The molecular weight excluding hydrogens is 442 g/mol. The van der Waals surface area contributed by atoms with Crippen LogP contribution in [0.2, 0.25) is 5.02 Å². The molecule has 2 fully saturated rings. The van der Waals surface area contributed by atoms with Crippen molar-refractivity contribution in [3.05, 3.63) is 75.9 Å². The van der Waals surface area contributed by atoms with Gasteiger partial charge in [-0.25, -0.2) is 0 Å². The van der Waals surface area contributed by atoms with E-state index in [0.717, 1.165) is 27.4 Å². The summed E-state index contributed by atoms with van der Waals surface area (Å²) in [4.78, 5) is 13.5. The predicted octanol–water partition coefficient (Wildman–Crippen LogP) is 6.81. The zero-order valence-electron chi connectivity index (χ0n) is 20.8. The Morgan fingerprint density at radius 3 is 2.50 bits per heavy atom. The molecule has 34 heavy (non-hydrogen) atoms. The first kappa shape index (κ1) is 23.2. The number of hydrogen-bond acceptors (Lipinski definition) is 2. The second-order valence-electron chi connectivity index (χ2n) is 11.3. The summed E-state index contributed by atoms with van der Waals surface area (Å²) in [7, 11) is 0. The summed E-state index contributed by atoms with van der Waals surface area (Å²) in [6, 6.07) is 16.5. The van der Waals surface area contributed by atoms with Crippen molar-refractivity contribution in [1.82, 2.24) is 15.1 Å². The smallest absolute Gasteiger partial charge is 0.272 e. The van der Waals surface area contributed by atoms with Gasteiger partial charge in [-0.05, 0) is 79.2 Å². The highest BCUT2D eigenvalue weighted by Crippen LogP contribution is 2.62. The third kappa shape index (κ3) is 3.96. The van der Waals surface area contributed by atoms with Crippen molar-refractivity contribution in [3.63, 3.8) is 0 Å². The maximum atomic E-state index is 13.5. The maximum absolute atomic E-state index is 13.5. The molecule has 1 N–H and O–H groups in total. The van der Waals surface area contributed by atoms with E-state index in [9.17, 15) is 4.79 Å². The van der Waals surface area contributed by atoms with Crippen molar-refractivity contribution < 1.29 is 4.79 Å². The number of nitrogens with one attached hydrogen (secondary N) is 1. The number of benzene rings is 2. The largest absolute Gasteiger partial charge is 0.347 e. The van der Waals surface area contributed by atoms with Gasteiger partial charge in [-0.3, -0.25) is 9.48 Å². The van der Waals surface area contributed by atoms with E-state index < -0.39 is 0 Å². The molecule has 2 aliphatic rings. The average Bonchev–Trinajstić information content (AvgIpc) is 3.44. The molecule has 178 valence electrons. The number of carbonyl (C=O) groups is 1. The van der Waals surface area contributed by atoms with E-state index >= 15 is 0 Å². The lowest BCUT2D eigenvalue weighted by Gasteiger charge is -2.42. The highest BCUT2D eigenvalue weighted by molar-refractivity contribution is 6.31. The Morgan fingerprint density at radius 2 is 1.85 bits per heavy atom. The Labute approximate surface area is 207 Å². The molecule has 5 rings (SSSR count). The van der Waals surface area contributed by atoms with Gasteiger partial charge in [0.1, 0.15) is 0 Å². The van der Waals surface area contributed by atoms with Crippen LogP contribution in [0.3, 0.4) is 0 Å². The van der Waals surface area contributed by atoms with Gasteiger partial charge in [0.05, 0.1) is 12.2 Å². The SMILES string of the molecule is Cc1ccc(Cn2nc(C(=O)N[C@H]3C4(C)CC[C@H](C4)C3(C)C)cc2-c2ccc(Cl)c(C)c2)cc1. The molecule has 1 heterocycles. The van der Waals surface area contributed by atoms with Crippen LogP contribution in [-0.2, 0) is 6.54 Å². The van der Waals surface area contributed by atoms with E-state index in [2.05, 4.69) is 63.3 Å². The lowest BCUT2D eigenvalue weighted by atomic mass is 9.68. The van der Waals surface area contributed by atoms with Crippen molar-refractivity contribution in [3.8, 4) is 11.3 Å². The Morgan fingerprint density at radius 1 is 1.12 bits per heavy atom. The molecule has 1 unspecified atom stereocenters. The average molecular weight is 476 g/mol. The summed E-state index contributed by atoms with van der Waals surface area (Å²) >= 11 is 6.29. The van der Waals surface area contributed by atoms with Gasteiger partial charge in [0.2, 0.25) is 0 Å². The van der Waals surface area contributed by atoms with Crippen LogP contribution >= 0.6 is 11.6 Å². The highest BCUT2D eigenvalue weighted by atomic mass is 35.5. The summed E-state index contributed by atoms with van der Waals surface area (Å²) in [6.45, 7) is 11.6. The predicted molar refractivity (Wildman–Crippen MR) is 138 cm³/mol. The first-order valence-corrected chi connectivity index (χ1v) is 12.7. The van der Waals surface area contributed by atoms with E-state index in [1.165, 1.54) is 24.8 Å². The van der Waals surface area contributed by atoms with E-state index in [1.807, 2.05) is 29.8 Å². The quantitative estimate of drug-likeness (QED) is 0.440. The fourth-order valence-corrected chi connectivity index (χ4v) is 6.54. The van der Waals surface area contributed by atoms with Gasteiger partial charge in [-0.1, -0.05) is 68.3 Å². The number of aryl methyl sites for hydroxylation is 2. The molecule has 3 aromatic rings. The van der Waals surface area contributed by atoms with E-state index in [4.69, 9.17) is 16.7 Å². The minimum Gasteiger partial charge on any atom is -0.347 e. The summed E-state index contributed by atoms with van der Waals surface area (Å²) < 4.78 is 1.94. The fourth-order valence-electron chi connectivity index (χ4n) is 6.42. The number of carbonyl (C=O) groups excluding carboxylic acids is 1. The van der Waals surface area contributed by atoms with Crippen LogP contribution in [0.15, 0.2) is 48.5 Å². The highest BCUT2D eigenvalue weighted by Gasteiger charge is 2.59. The standard InChI is InChI=1S/C29H34ClN3O/c1-18-6-8-20(9-7-18)17-33-25(21-10-11-23(30)19(2)14-21)15-24(32-33)26(34)31-27-28(3,4)22-12-13-29(27,5)16-22/h6-11,14-15,22,27H,12-13,16-17H2,1-5H3,(H,31,34)/t22-,27-,29?/m1/s1. The lowest BCUT2D eigenvalue weighted by molar-refractivity contribution is 0.0732. The second-order valence-corrected chi connectivity index (χ2v) is 11.8. The number of hydrogen-bond donors (Lipinski definition) is 1. The van der Waals surface area contributed by atoms with E-state index in [-0.39, 0.29) is 22.8 Å². The first-order valence-electron chi connectivity index (χ1n) is 12.3. The van der Waals surface area contributed by atoms with Crippen molar-refractivity contribution >= 4 is 17.5 Å². The second kappa shape index (κ2) is 8.27. The van der Waals surface area contributed by atoms with Crippen molar-refractivity contribution in [2.45, 2.75) is 66.5 Å². The third-order valence-corrected chi connectivity index (χ3v) is 8.89. The van der Waals surface area contributed by atoms with Crippen molar-refractivity contribution in [2.24, 2.45) is 16.7 Å². The van der Waals surface area contributed by atoms with Gasteiger partial charge in [0.15, 0.2) is 5.69 Å². The monoisotopic (exact) mass is 475 g/mol. The number of fused-ring (bicyclic) bond motifs is 2. The molecule has 5 heteroatoms. The molecule has 0 saturated heterocycles. The topological polar surface area (TPSA) is 46.9 Å². The van der Waals surface area contributed by atoms with E-state index in [0.29, 0.717) is 18.2 Å². The van der Waals surface area contributed by atoms with Gasteiger partial charge in [-0.15, -0.1) is 0 Å². The van der Waals surface area contributed by atoms with Crippen LogP contribution in [-0.4, -0.2) is 21.7 Å². The van der Waals surface area contributed by atoms with Crippen LogP contribution in [0.4, 0.5) is 0 Å². The van der Waals surface area contributed by atoms with Crippen LogP contribution in [0.1, 0.15) is 67.2 Å². The van der Waals surface area contributed by atoms with Gasteiger partial charge >= 0.3 is 0 Å². The summed E-state index contributed by atoms with van der Waals surface area (Å²) in [5.41, 5.74) is 6.04. The fraction of sp³-hybridized carbons (Fsp3) is 0.448. The molecule has 1 amide bonds. The molecule has 2 saturated carbocycles. The normalized spacial score (nSPS) is 25.0. The Balaban J connectivity index is 1.49. The van der Waals surface area contributed by atoms with Crippen molar-refractivity contribution in [1.29, 1.82) is 0 Å². The third-order valence-electron chi connectivity index (χ3n) is 8.46. The molecular formula is C29H34ClN3O. The van der Waals surface area contributed by atoms with E-state index in [1.54, 1.807) is 0 Å². The van der Waals surface area contributed by atoms with Crippen LogP contribution < -0.4 is 5.32 Å². The van der Waals surface area contributed by atoms with Crippen LogP contribution in [0, 0.1) is 30.6 Å². The number of nitrogens with zero attached hydrogens (tertiary/aromatic N) is 2. The van der Waals surface area contributed by atoms with Gasteiger partial charge < -0.3 is 5.32 Å². The Hall–Kier alpha value is -2.59. The Kier molecular flexibility index (Phi) is 5.63. The summed E-state index contributed by atoms with van der Waals surface area (Å²) in [6.07, 6.45) is 3.65. The summed E-state index contributed by atoms with van der Waals surface area (Å²) in [5, 5.41) is 8.94. The first-order chi connectivity index (χ1) is 16.1. The number of amides is 1. The molecule has 0 aliphatic heterocycles. The van der Waals surface area contributed by atoms with Gasteiger partial charge in [0, 0.05) is 16.6 Å². The molecule has 2 bridgehead atoms. The minimum atomic E-state index is -0.0820. The molecule has 0 radical (unpaired) electrons. The number of halogens is 1. The molecule has 2 aromatic carbocycles. The summed E-state index contributed by atoms with van der Waals surface area (Å²) in [5.74, 6) is 0.593. The number of rotatable bonds is 5. The molecule has 4 nitrogen and oxygen atoms in total. The maximum Gasteiger partial charge on any atom is 0.272 e. The zero-order chi connectivity index (χ0) is 24.3. The Bertz CT molecular complexity index is 1240. The lowest BCUT2D eigenvalue weighted by Crippen LogP contribution is -2.52. The minimum absolute atomic E-state index is 0.0820. The van der Waals surface area contributed by atoms with Crippen LogP contribution in [0.25, 0.3) is 11.3 Å². The molecule has 3 atom stereocenters.